The fourth-order valence-corrected chi connectivity index (χ4v) is 5.12. The smallest absolute Gasteiger partial charge is 0.339 e. The van der Waals surface area contributed by atoms with E-state index in [-0.39, 0.29) is 11.5 Å². The maximum Gasteiger partial charge on any atom is 0.339 e. The molecule has 0 spiro atoms. The van der Waals surface area contributed by atoms with Gasteiger partial charge in [-0.15, -0.1) is 0 Å². The third-order valence-corrected chi connectivity index (χ3v) is 7.03. The molecule has 46 heavy (non-hydrogen) atoms. The maximum atomic E-state index is 12.8. The van der Waals surface area contributed by atoms with Crippen molar-refractivity contribution in [2.45, 2.75) is 57.9 Å². The summed E-state index contributed by atoms with van der Waals surface area (Å²) in [4.78, 5) is 53.6. The van der Waals surface area contributed by atoms with Crippen LogP contribution in [0.5, 0.6) is 23.0 Å². The summed E-state index contributed by atoms with van der Waals surface area (Å²) < 4.78 is 49.6. The van der Waals surface area contributed by atoms with Gasteiger partial charge in [0.1, 0.15) is 0 Å². The highest BCUT2D eigenvalue weighted by Crippen LogP contribution is 2.38. The Hall–Kier alpha value is -5.11. The van der Waals surface area contributed by atoms with Crippen molar-refractivity contribution in [2.24, 2.45) is 0 Å². The van der Waals surface area contributed by atoms with E-state index in [1.54, 1.807) is 38.6 Å². The summed E-state index contributed by atoms with van der Waals surface area (Å²) in [5.74, 6) is -1.78. The molecule has 246 valence electrons. The molecule has 0 N–H and O–H groups in total. The van der Waals surface area contributed by atoms with Crippen LogP contribution in [0.2, 0.25) is 0 Å². The molecule has 3 aromatic rings. The molecule has 1 saturated heterocycles. The topological polar surface area (TPSA) is 164 Å². The standard InChI is InChI=1S/C32H35NO13/c1-16(34)42-27-28(43-17(2)35)30(44-18(3)36)32(46-29(27)31(37)41-7)45-26-14-20-10-11-33-22(21(20)15-25(26)40-6)12-19-8-9-23(38-4)24(13-19)39-5/h8-11,13-15,27-30,32H,12H2,1-7H3/t27-,28-,29-,30+,32+/m0/s1. The van der Waals surface area contributed by atoms with Crippen LogP contribution >= 0.6 is 0 Å². The molecule has 2 heterocycles. The van der Waals surface area contributed by atoms with E-state index < -0.39 is 54.6 Å². The Morgan fingerprint density at radius 2 is 1.33 bits per heavy atom. The van der Waals surface area contributed by atoms with Crippen molar-refractivity contribution in [3.05, 3.63) is 53.9 Å². The van der Waals surface area contributed by atoms with Crippen molar-refractivity contribution >= 4 is 34.6 Å². The zero-order valence-electron chi connectivity index (χ0n) is 26.4. The van der Waals surface area contributed by atoms with Crippen LogP contribution in [-0.4, -0.2) is 88.0 Å². The lowest BCUT2D eigenvalue weighted by Gasteiger charge is -2.43. The minimum atomic E-state index is -1.61. The van der Waals surface area contributed by atoms with Gasteiger partial charge in [0.2, 0.25) is 12.4 Å². The minimum Gasteiger partial charge on any atom is -0.493 e. The minimum absolute atomic E-state index is 0.136. The molecule has 0 radical (unpaired) electrons. The van der Waals surface area contributed by atoms with Crippen LogP contribution in [0.4, 0.5) is 0 Å². The Labute approximate surface area is 264 Å². The Bertz CT molecular complexity index is 1610. The number of ether oxygens (including phenoxy) is 9. The Kier molecular flexibility index (Phi) is 10.9. The fourth-order valence-electron chi connectivity index (χ4n) is 5.12. The molecule has 0 saturated carbocycles. The van der Waals surface area contributed by atoms with Gasteiger partial charge in [-0.3, -0.25) is 19.4 Å². The first-order chi connectivity index (χ1) is 22.0. The predicted molar refractivity (Wildman–Crippen MR) is 159 cm³/mol. The number of nitrogens with zero attached hydrogens (tertiary/aromatic N) is 1. The van der Waals surface area contributed by atoms with Crippen LogP contribution in [0.25, 0.3) is 10.8 Å². The van der Waals surface area contributed by atoms with E-state index in [9.17, 15) is 19.2 Å². The van der Waals surface area contributed by atoms with E-state index in [4.69, 9.17) is 42.6 Å². The van der Waals surface area contributed by atoms with Crippen LogP contribution in [0, 0.1) is 0 Å². The average molecular weight is 642 g/mol. The third kappa shape index (κ3) is 7.57. The van der Waals surface area contributed by atoms with E-state index in [1.165, 1.54) is 7.11 Å². The Balaban J connectivity index is 1.75. The van der Waals surface area contributed by atoms with Gasteiger partial charge in [-0.05, 0) is 41.3 Å². The van der Waals surface area contributed by atoms with Crippen molar-refractivity contribution < 1.29 is 61.8 Å². The van der Waals surface area contributed by atoms with Gasteiger partial charge >= 0.3 is 23.9 Å². The van der Waals surface area contributed by atoms with Crippen LogP contribution in [0.15, 0.2) is 42.6 Å². The molecule has 1 aliphatic heterocycles. The van der Waals surface area contributed by atoms with Crippen molar-refractivity contribution in [1.29, 1.82) is 0 Å². The summed E-state index contributed by atoms with van der Waals surface area (Å²) >= 11 is 0. The highest BCUT2D eigenvalue weighted by atomic mass is 16.7. The molecule has 0 bridgehead atoms. The lowest BCUT2D eigenvalue weighted by atomic mass is 9.97. The summed E-state index contributed by atoms with van der Waals surface area (Å²) in [6, 6.07) is 10.7. The SMILES string of the molecule is COC(=O)[C@H]1O[C@@H](Oc2cc3ccnc(Cc4ccc(OC)c(OC)c4)c3cc2OC)[C@H](OC(C)=O)[C@@H](OC(C)=O)[C@@H]1OC(C)=O. The van der Waals surface area contributed by atoms with Gasteiger partial charge in [-0.1, -0.05) is 6.07 Å². The number of hydrogen-bond donors (Lipinski definition) is 0. The zero-order chi connectivity index (χ0) is 33.5. The number of rotatable bonds is 11. The molecular weight excluding hydrogens is 606 g/mol. The number of aromatic nitrogens is 1. The first kappa shape index (κ1) is 33.8. The third-order valence-electron chi connectivity index (χ3n) is 7.03. The van der Waals surface area contributed by atoms with E-state index in [0.717, 1.165) is 44.5 Å². The Morgan fingerprint density at radius 1 is 0.717 bits per heavy atom. The second-order valence-electron chi connectivity index (χ2n) is 10.1. The number of hydrogen-bond acceptors (Lipinski definition) is 14. The van der Waals surface area contributed by atoms with Crippen molar-refractivity contribution in [3.8, 4) is 23.0 Å². The first-order valence-corrected chi connectivity index (χ1v) is 14.1. The van der Waals surface area contributed by atoms with Crippen molar-refractivity contribution in [1.82, 2.24) is 4.98 Å². The van der Waals surface area contributed by atoms with Gasteiger partial charge in [0, 0.05) is 38.8 Å². The molecule has 1 fully saturated rings. The molecule has 14 heteroatoms. The number of benzene rings is 2. The van der Waals surface area contributed by atoms with E-state index in [2.05, 4.69) is 4.98 Å². The van der Waals surface area contributed by atoms with Crippen LogP contribution < -0.4 is 18.9 Å². The Morgan fingerprint density at radius 3 is 1.93 bits per heavy atom. The second-order valence-corrected chi connectivity index (χ2v) is 10.1. The van der Waals surface area contributed by atoms with Crippen LogP contribution in [-0.2, 0) is 49.3 Å². The summed E-state index contributed by atoms with van der Waals surface area (Å²) in [7, 11) is 5.65. The number of pyridine rings is 1. The molecule has 1 aliphatic rings. The number of carbonyl (C=O) groups is 4. The van der Waals surface area contributed by atoms with Gasteiger partial charge in [0.25, 0.3) is 0 Å². The number of fused-ring (bicyclic) bond motifs is 1. The summed E-state index contributed by atoms with van der Waals surface area (Å²) in [6.07, 6.45) is -5.59. The highest BCUT2D eigenvalue weighted by Gasteiger charge is 2.56. The monoisotopic (exact) mass is 641 g/mol. The van der Waals surface area contributed by atoms with Gasteiger partial charge in [0.15, 0.2) is 41.3 Å². The van der Waals surface area contributed by atoms with Crippen LogP contribution in [0.3, 0.4) is 0 Å². The molecule has 5 atom stereocenters. The summed E-state index contributed by atoms with van der Waals surface area (Å²) in [5, 5.41) is 1.46. The largest absolute Gasteiger partial charge is 0.493 e. The van der Waals surface area contributed by atoms with Gasteiger partial charge in [-0.2, -0.15) is 0 Å². The molecule has 0 amide bonds. The highest BCUT2D eigenvalue weighted by molar-refractivity contribution is 5.88. The zero-order valence-corrected chi connectivity index (χ0v) is 26.4. The van der Waals surface area contributed by atoms with Gasteiger partial charge < -0.3 is 42.6 Å². The number of methoxy groups -OCH3 is 4. The fraction of sp³-hybridized carbons (Fsp3) is 0.406. The molecule has 0 unspecified atom stereocenters. The maximum absolute atomic E-state index is 12.8. The van der Waals surface area contributed by atoms with Crippen molar-refractivity contribution in [3.63, 3.8) is 0 Å². The number of esters is 4. The molecule has 1 aromatic heterocycles. The first-order valence-electron chi connectivity index (χ1n) is 14.1. The predicted octanol–water partition coefficient (Wildman–Crippen LogP) is 2.92. The molecule has 14 nitrogen and oxygen atoms in total. The van der Waals surface area contributed by atoms with Gasteiger partial charge in [-0.25, -0.2) is 4.79 Å². The van der Waals surface area contributed by atoms with E-state index in [1.807, 2.05) is 18.2 Å². The lowest BCUT2D eigenvalue weighted by molar-refractivity contribution is -0.282. The molecule has 2 aromatic carbocycles. The van der Waals surface area contributed by atoms with Crippen molar-refractivity contribution in [2.75, 3.05) is 28.4 Å². The lowest BCUT2D eigenvalue weighted by Crippen LogP contribution is -2.64. The summed E-state index contributed by atoms with van der Waals surface area (Å²) in [5.41, 5.74) is 1.65. The molecule has 0 aliphatic carbocycles. The van der Waals surface area contributed by atoms with E-state index in [0.29, 0.717) is 23.3 Å². The second kappa shape index (κ2) is 14.8. The summed E-state index contributed by atoms with van der Waals surface area (Å²) in [6.45, 7) is 3.32. The average Bonchev–Trinajstić information content (AvgIpc) is 3.02. The quantitative estimate of drug-likeness (QED) is 0.222. The van der Waals surface area contributed by atoms with Gasteiger partial charge in [0.05, 0.1) is 34.1 Å². The van der Waals surface area contributed by atoms with E-state index >= 15 is 0 Å². The normalized spacial score (nSPS) is 20.6. The molecule has 4 rings (SSSR count). The number of carbonyl (C=O) groups excluding carboxylic acids is 4. The molecular formula is C32H35NO13. The van der Waals surface area contributed by atoms with Crippen LogP contribution in [0.1, 0.15) is 32.0 Å².